The number of aromatic amines is 1. The zero-order valence-corrected chi connectivity index (χ0v) is 11.0. The average Bonchev–Trinajstić information content (AvgIpc) is 3.03. The summed E-state index contributed by atoms with van der Waals surface area (Å²) in [6, 6.07) is 2.13. The minimum absolute atomic E-state index is 0.115. The fourth-order valence-corrected chi connectivity index (χ4v) is 2.15. The molecule has 1 unspecified atom stereocenters. The van der Waals surface area contributed by atoms with Crippen molar-refractivity contribution in [2.24, 2.45) is 0 Å². The summed E-state index contributed by atoms with van der Waals surface area (Å²) in [6.07, 6.45) is 8.11. The van der Waals surface area contributed by atoms with Gasteiger partial charge in [0.1, 0.15) is 11.3 Å². The number of nitrogens with one attached hydrogen (secondary N) is 2. The lowest BCUT2D eigenvalue weighted by Crippen LogP contribution is -2.13. The number of aromatic nitrogens is 5. The van der Waals surface area contributed by atoms with Gasteiger partial charge in [0.2, 0.25) is 0 Å². The highest BCUT2D eigenvalue weighted by molar-refractivity contribution is 5.68. The molecule has 0 fully saturated rings. The molecule has 3 aromatic rings. The van der Waals surface area contributed by atoms with Gasteiger partial charge in [-0.3, -0.25) is 0 Å². The van der Waals surface area contributed by atoms with E-state index in [4.69, 9.17) is 0 Å². The van der Waals surface area contributed by atoms with E-state index in [-0.39, 0.29) is 6.04 Å². The van der Waals surface area contributed by atoms with Crippen LogP contribution >= 0.6 is 0 Å². The van der Waals surface area contributed by atoms with Gasteiger partial charge in [-0.25, -0.2) is 14.5 Å². The summed E-state index contributed by atoms with van der Waals surface area (Å²) in [5, 5.41) is 7.80. The second kappa shape index (κ2) is 4.72. The Hall–Kier alpha value is -2.37. The summed E-state index contributed by atoms with van der Waals surface area (Å²) in [5.41, 5.74) is 1.95. The first-order valence-corrected chi connectivity index (χ1v) is 6.34. The van der Waals surface area contributed by atoms with Crippen LogP contribution in [0.25, 0.3) is 5.52 Å². The molecule has 3 heterocycles. The molecular weight excluding hydrogens is 240 g/mol. The fraction of sp³-hybridized carbons (Fsp3) is 0.308. The SMILES string of the molecule is CCC(Nc1nccn2nc(C)cc12)c1ncc[nH]1. The van der Waals surface area contributed by atoms with Gasteiger partial charge in [-0.05, 0) is 19.4 Å². The molecule has 0 amide bonds. The van der Waals surface area contributed by atoms with Crippen molar-refractivity contribution in [2.45, 2.75) is 26.3 Å². The normalized spacial score (nSPS) is 12.7. The summed E-state index contributed by atoms with van der Waals surface area (Å²) in [4.78, 5) is 11.8. The van der Waals surface area contributed by atoms with Crippen molar-refractivity contribution in [3.8, 4) is 0 Å². The van der Waals surface area contributed by atoms with Crippen LogP contribution in [0.15, 0.2) is 30.9 Å². The molecule has 3 aromatic heterocycles. The molecule has 0 radical (unpaired) electrons. The third kappa shape index (κ3) is 2.16. The van der Waals surface area contributed by atoms with Crippen LogP contribution in [0.5, 0.6) is 0 Å². The first kappa shape index (κ1) is 11.7. The van der Waals surface area contributed by atoms with Crippen LogP contribution in [0.1, 0.15) is 30.9 Å². The molecule has 0 aliphatic rings. The van der Waals surface area contributed by atoms with Crippen molar-refractivity contribution in [3.05, 3.63) is 42.4 Å². The van der Waals surface area contributed by atoms with Gasteiger partial charge in [0.05, 0.1) is 11.7 Å². The van der Waals surface area contributed by atoms with Gasteiger partial charge in [0.25, 0.3) is 0 Å². The Labute approximate surface area is 110 Å². The Morgan fingerprint density at radius 1 is 1.37 bits per heavy atom. The first-order chi connectivity index (χ1) is 9.28. The predicted octanol–water partition coefficient (Wildman–Crippen LogP) is 2.32. The summed E-state index contributed by atoms with van der Waals surface area (Å²) >= 11 is 0. The molecule has 0 saturated carbocycles. The third-order valence-corrected chi connectivity index (χ3v) is 3.08. The number of aryl methyl sites for hydroxylation is 1. The lowest BCUT2D eigenvalue weighted by Gasteiger charge is -2.15. The van der Waals surface area contributed by atoms with E-state index in [1.807, 2.05) is 29.9 Å². The van der Waals surface area contributed by atoms with Crippen LogP contribution in [0.3, 0.4) is 0 Å². The zero-order valence-electron chi connectivity index (χ0n) is 11.0. The minimum Gasteiger partial charge on any atom is -0.358 e. The van der Waals surface area contributed by atoms with Gasteiger partial charge in [-0.1, -0.05) is 6.92 Å². The lowest BCUT2D eigenvalue weighted by molar-refractivity contribution is 0.700. The van der Waals surface area contributed by atoms with Gasteiger partial charge >= 0.3 is 0 Å². The van der Waals surface area contributed by atoms with Crippen molar-refractivity contribution in [1.82, 2.24) is 24.6 Å². The Bertz CT molecular complexity index is 670. The summed E-state index contributed by atoms with van der Waals surface area (Å²) in [5.74, 6) is 1.74. The number of hydrogen-bond donors (Lipinski definition) is 2. The molecule has 1 atom stereocenters. The van der Waals surface area contributed by atoms with Gasteiger partial charge in [-0.15, -0.1) is 0 Å². The lowest BCUT2D eigenvalue weighted by atomic mass is 10.2. The second-order valence-electron chi connectivity index (χ2n) is 4.47. The maximum atomic E-state index is 4.40. The number of rotatable bonds is 4. The number of anilines is 1. The second-order valence-corrected chi connectivity index (χ2v) is 4.47. The van der Waals surface area contributed by atoms with Crippen LogP contribution < -0.4 is 5.32 Å². The highest BCUT2D eigenvalue weighted by atomic mass is 15.2. The maximum absolute atomic E-state index is 4.40. The van der Waals surface area contributed by atoms with Crippen LogP contribution in [-0.2, 0) is 0 Å². The zero-order chi connectivity index (χ0) is 13.2. The van der Waals surface area contributed by atoms with Crippen molar-refractivity contribution < 1.29 is 0 Å². The van der Waals surface area contributed by atoms with Crippen LogP contribution in [-0.4, -0.2) is 24.6 Å². The molecule has 0 aliphatic carbocycles. The summed E-state index contributed by atoms with van der Waals surface area (Å²) < 4.78 is 1.83. The number of imidazole rings is 1. The van der Waals surface area contributed by atoms with Crippen molar-refractivity contribution in [2.75, 3.05) is 5.32 Å². The molecule has 19 heavy (non-hydrogen) atoms. The Balaban J connectivity index is 1.96. The van der Waals surface area contributed by atoms with E-state index in [9.17, 15) is 0 Å². The number of hydrogen-bond acceptors (Lipinski definition) is 4. The Morgan fingerprint density at radius 3 is 3.00 bits per heavy atom. The quantitative estimate of drug-likeness (QED) is 0.751. The van der Waals surface area contributed by atoms with E-state index in [0.29, 0.717) is 0 Å². The van der Waals surface area contributed by atoms with Gasteiger partial charge in [0.15, 0.2) is 5.82 Å². The molecular formula is C13H16N6. The minimum atomic E-state index is 0.115. The average molecular weight is 256 g/mol. The third-order valence-electron chi connectivity index (χ3n) is 3.08. The van der Waals surface area contributed by atoms with Crippen molar-refractivity contribution in [1.29, 1.82) is 0 Å². The Kier molecular flexibility index (Phi) is 2.91. The van der Waals surface area contributed by atoms with Crippen molar-refractivity contribution >= 4 is 11.3 Å². The van der Waals surface area contributed by atoms with Crippen molar-refractivity contribution in [3.63, 3.8) is 0 Å². The van der Waals surface area contributed by atoms with Crippen LogP contribution in [0.2, 0.25) is 0 Å². The molecule has 0 aromatic carbocycles. The van der Waals surface area contributed by atoms with Gasteiger partial charge < -0.3 is 10.3 Å². The van der Waals surface area contributed by atoms with Crippen LogP contribution in [0, 0.1) is 6.92 Å². The Morgan fingerprint density at radius 2 is 2.26 bits per heavy atom. The fourth-order valence-electron chi connectivity index (χ4n) is 2.15. The van der Waals surface area contributed by atoms with E-state index in [0.717, 1.165) is 29.3 Å². The van der Waals surface area contributed by atoms with Gasteiger partial charge in [0, 0.05) is 24.8 Å². The highest BCUT2D eigenvalue weighted by Gasteiger charge is 2.14. The van der Waals surface area contributed by atoms with E-state index in [1.165, 1.54) is 0 Å². The predicted molar refractivity (Wildman–Crippen MR) is 73.0 cm³/mol. The number of H-pyrrole nitrogens is 1. The van der Waals surface area contributed by atoms with E-state index < -0.39 is 0 Å². The smallest absolute Gasteiger partial charge is 0.152 e. The molecule has 2 N–H and O–H groups in total. The monoisotopic (exact) mass is 256 g/mol. The summed E-state index contributed by atoms with van der Waals surface area (Å²) in [7, 11) is 0. The van der Waals surface area contributed by atoms with Gasteiger partial charge in [-0.2, -0.15) is 5.10 Å². The molecule has 0 bridgehead atoms. The largest absolute Gasteiger partial charge is 0.358 e. The topological polar surface area (TPSA) is 70.9 Å². The molecule has 98 valence electrons. The highest BCUT2D eigenvalue weighted by Crippen LogP contribution is 2.22. The number of nitrogens with zero attached hydrogens (tertiary/aromatic N) is 4. The first-order valence-electron chi connectivity index (χ1n) is 6.34. The van der Waals surface area contributed by atoms with E-state index in [1.54, 1.807) is 12.4 Å². The van der Waals surface area contributed by atoms with Crippen LogP contribution in [0.4, 0.5) is 5.82 Å². The summed E-state index contributed by atoms with van der Waals surface area (Å²) in [6.45, 7) is 4.09. The molecule has 0 saturated heterocycles. The van der Waals surface area contributed by atoms with E-state index >= 15 is 0 Å². The molecule has 6 heteroatoms. The van der Waals surface area contributed by atoms with E-state index in [2.05, 4.69) is 32.3 Å². The molecule has 0 spiro atoms. The molecule has 6 nitrogen and oxygen atoms in total. The standard InChI is InChI=1S/C13H16N6/c1-3-10(12-14-4-5-15-12)17-13-11-8-9(2)18-19(11)7-6-16-13/h4-8,10H,3H2,1-2H3,(H,14,15)(H,16,17). The molecule has 0 aliphatic heterocycles. The molecule has 3 rings (SSSR count). The number of fused-ring (bicyclic) bond motifs is 1. The maximum Gasteiger partial charge on any atom is 0.152 e.